The van der Waals surface area contributed by atoms with Crippen molar-refractivity contribution in [1.82, 2.24) is 14.9 Å². The number of amides is 1. The second-order valence-electron chi connectivity index (χ2n) is 9.99. The summed E-state index contributed by atoms with van der Waals surface area (Å²) in [6, 6.07) is 13.9. The van der Waals surface area contributed by atoms with Gasteiger partial charge in [0.1, 0.15) is 24.7 Å². The van der Waals surface area contributed by atoms with Gasteiger partial charge < -0.3 is 24.6 Å². The van der Waals surface area contributed by atoms with Gasteiger partial charge in [0, 0.05) is 38.5 Å². The van der Waals surface area contributed by atoms with Crippen LogP contribution in [0.5, 0.6) is 5.88 Å². The van der Waals surface area contributed by atoms with Gasteiger partial charge in [-0.1, -0.05) is 30.8 Å². The Kier molecular flexibility index (Phi) is 7.66. The number of benzene rings is 1. The predicted octanol–water partition coefficient (Wildman–Crippen LogP) is 4.73. The normalized spacial score (nSPS) is 12.7. The number of nitrogens with zero attached hydrogens (tertiary/aromatic N) is 4. The van der Waals surface area contributed by atoms with E-state index in [1.54, 1.807) is 31.1 Å². The number of carbonyl (C=O) groups is 2. The van der Waals surface area contributed by atoms with Gasteiger partial charge in [-0.25, -0.2) is 9.97 Å². The van der Waals surface area contributed by atoms with Crippen molar-refractivity contribution in [2.75, 3.05) is 44.1 Å². The number of anilines is 3. The maximum atomic E-state index is 13.3. The molecule has 0 unspecified atom stereocenters. The largest absolute Gasteiger partial charge is 0.474 e. The smallest absolute Gasteiger partial charge is 0.302 e. The highest BCUT2D eigenvalue weighted by molar-refractivity contribution is 5.99. The number of rotatable bonds is 8. The van der Waals surface area contributed by atoms with E-state index in [1.807, 2.05) is 49.3 Å². The molecule has 0 atom stereocenters. The number of fused-ring (bicyclic) bond motifs is 1. The van der Waals surface area contributed by atoms with E-state index in [9.17, 15) is 9.59 Å². The minimum atomic E-state index is -0.904. The molecule has 1 aliphatic rings. The fourth-order valence-electron chi connectivity index (χ4n) is 3.99. The Morgan fingerprint density at radius 1 is 1.11 bits per heavy atom. The van der Waals surface area contributed by atoms with Crippen molar-refractivity contribution in [2.24, 2.45) is 5.41 Å². The third-order valence-electron chi connectivity index (χ3n) is 6.26. The molecule has 1 amide bonds. The van der Waals surface area contributed by atoms with Crippen molar-refractivity contribution in [3.8, 4) is 17.0 Å². The highest BCUT2D eigenvalue weighted by Crippen LogP contribution is 2.35. The van der Waals surface area contributed by atoms with E-state index in [-0.39, 0.29) is 12.5 Å². The fourth-order valence-corrected chi connectivity index (χ4v) is 3.99. The van der Waals surface area contributed by atoms with Gasteiger partial charge in [0.15, 0.2) is 0 Å². The van der Waals surface area contributed by atoms with Crippen LogP contribution >= 0.6 is 0 Å². The standard InChI is InChI=1S/C29H33N5O4/c1-19(33(5)6)21-7-9-22(10-8-21)23-11-12-26(30-16-23)32-24-15-25-27(31-17-24)37-14-13-34(25)28(36)29(3,4)18-38-20(2)35/h7-12,15-17H,1,13-14,18H2,2-6H3,(H,30,32). The molecule has 0 radical (unpaired) electrons. The summed E-state index contributed by atoms with van der Waals surface area (Å²) in [5.74, 6) is 0.414. The SMILES string of the molecule is C=C(c1ccc(-c2ccc(Nc3cnc4c(c3)N(C(=O)C(C)(C)COC(C)=O)CCO4)nc2)cc1)N(C)C. The van der Waals surface area contributed by atoms with Crippen LogP contribution in [-0.4, -0.2) is 60.6 Å². The van der Waals surface area contributed by atoms with E-state index in [2.05, 4.69) is 34.0 Å². The predicted molar refractivity (Wildman–Crippen MR) is 148 cm³/mol. The molecule has 3 heterocycles. The maximum Gasteiger partial charge on any atom is 0.302 e. The molecule has 0 saturated carbocycles. The Morgan fingerprint density at radius 3 is 2.45 bits per heavy atom. The van der Waals surface area contributed by atoms with E-state index in [4.69, 9.17) is 9.47 Å². The molecule has 9 nitrogen and oxygen atoms in total. The zero-order chi connectivity index (χ0) is 27.4. The average Bonchev–Trinajstić information content (AvgIpc) is 2.91. The number of esters is 1. The minimum Gasteiger partial charge on any atom is -0.474 e. The second kappa shape index (κ2) is 10.9. The van der Waals surface area contributed by atoms with Crippen LogP contribution < -0.4 is 15.0 Å². The lowest BCUT2D eigenvalue weighted by Gasteiger charge is -2.34. The number of aromatic nitrogens is 2. The van der Waals surface area contributed by atoms with E-state index in [0.717, 1.165) is 22.4 Å². The highest BCUT2D eigenvalue weighted by Gasteiger charge is 2.37. The maximum absolute atomic E-state index is 13.3. The summed E-state index contributed by atoms with van der Waals surface area (Å²) in [4.78, 5) is 37.2. The molecule has 1 aromatic carbocycles. The van der Waals surface area contributed by atoms with Crippen LogP contribution in [0.3, 0.4) is 0 Å². The first-order chi connectivity index (χ1) is 18.0. The third kappa shape index (κ3) is 5.94. The second-order valence-corrected chi connectivity index (χ2v) is 9.99. The molecule has 0 saturated heterocycles. The zero-order valence-electron chi connectivity index (χ0n) is 22.4. The zero-order valence-corrected chi connectivity index (χ0v) is 22.4. The summed E-state index contributed by atoms with van der Waals surface area (Å²) in [7, 11) is 3.94. The summed E-state index contributed by atoms with van der Waals surface area (Å²) in [6.07, 6.45) is 3.45. The summed E-state index contributed by atoms with van der Waals surface area (Å²) in [5.41, 5.74) is 4.37. The molecule has 0 fully saturated rings. The molecule has 4 rings (SSSR count). The van der Waals surface area contributed by atoms with Crippen molar-refractivity contribution >= 4 is 34.8 Å². The van der Waals surface area contributed by atoms with Crippen LogP contribution in [-0.2, 0) is 14.3 Å². The quantitative estimate of drug-likeness (QED) is 0.430. The first-order valence-corrected chi connectivity index (χ1v) is 12.3. The van der Waals surface area contributed by atoms with Gasteiger partial charge in [-0.05, 0) is 43.2 Å². The van der Waals surface area contributed by atoms with Crippen molar-refractivity contribution in [3.05, 3.63) is 67.0 Å². The van der Waals surface area contributed by atoms with E-state index >= 15 is 0 Å². The molecule has 1 aliphatic heterocycles. The van der Waals surface area contributed by atoms with Crippen LogP contribution in [0.25, 0.3) is 16.8 Å². The van der Waals surface area contributed by atoms with Crippen molar-refractivity contribution < 1.29 is 19.1 Å². The topological polar surface area (TPSA) is 96.9 Å². The Bertz CT molecular complexity index is 1330. The number of carbonyl (C=O) groups excluding carboxylic acids is 2. The summed E-state index contributed by atoms with van der Waals surface area (Å²) in [5, 5.41) is 3.25. The fraction of sp³-hybridized carbons (Fsp3) is 0.310. The van der Waals surface area contributed by atoms with Crippen LogP contribution in [0, 0.1) is 5.41 Å². The number of pyridine rings is 2. The van der Waals surface area contributed by atoms with Crippen molar-refractivity contribution in [1.29, 1.82) is 0 Å². The van der Waals surface area contributed by atoms with Gasteiger partial charge in [0.25, 0.3) is 0 Å². The van der Waals surface area contributed by atoms with E-state index in [0.29, 0.717) is 36.2 Å². The Balaban J connectivity index is 1.49. The highest BCUT2D eigenvalue weighted by atomic mass is 16.5. The summed E-state index contributed by atoms with van der Waals surface area (Å²) < 4.78 is 10.8. The molecule has 38 heavy (non-hydrogen) atoms. The Labute approximate surface area is 223 Å². The number of hydrogen-bond acceptors (Lipinski definition) is 8. The molecular formula is C29H33N5O4. The molecule has 198 valence electrons. The molecule has 0 bridgehead atoms. The first kappa shape index (κ1) is 26.7. The number of ether oxygens (including phenoxy) is 2. The molecule has 0 spiro atoms. The molecule has 9 heteroatoms. The van der Waals surface area contributed by atoms with Gasteiger partial charge in [-0.15, -0.1) is 0 Å². The van der Waals surface area contributed by atoms with Gasteiger partial charge in [-0.2, -0.15) is 0 Å². The van der Waals surface area contributed by atoms with Gasteiger partial charge in [-0.3, -0.25) is 9.59 Å². The molecule has 2 aromatic heterocycles. The van der Waals surface area contributed by atoms with Gasteiger partial charge in [0.05, 0.1) is 23.8 Å². The number of hydrogen-bond donors (Lipinski definition) is 1. The molecule has 1 N–H and O–H groups in total. The lowest BCUT2D eigenvalue weighted by Crippen LogP contribution is -2.47. The van der Waals surface area contributed by atoms with Crippen molar-refractivity contribution in [2.45, 2.75) is 20.8 Å². The molecule has 3 aromatic rings. The number of nitrogens with one attached hydrogen (secondary N) is 1. The lowest BCUT2D eigenvalue weighted by molar-refractivity contribution is -0.146. The average molecular weight is 516 g/mol. The van der Waals surface area contributed by atoms with E-state index < -0.39 is 11.4 Å². The monoisotopic (exact) mass is 515 g/mol. The Hall–Kier alpha value is -4.40. The first-order valence-electron chi connectivity index (χ1n) is 12.3. The lowest BCUT2D eigenvalue weighted by atomic mass is 9.92. The van der Waals surface area contributed by atoms with Crippen LogP contribution in [0.4, 0.5) is 17.2 Å². The summed E-state index contributed by atoms with van der Waals surface area (Å²) in [6.45, 7) is 9.61. The summed E-state index contributed by atoms with van der Waals surface area (Å²) >= 11 is 0. The van der Waals surface area contributed by atoms with E-state index in [1.165, 1.54) is 6.92 Å². The van der Waals surface area contributed by atoms with Crippen LogP contribution in [0.2, 0.25) is 0 Å². The van der Waals surface area contributed by atoms with Gasteiger partial charge in [0.2, 0.25) is 11.8 Å². The van der Waals surface area contributed by atoms with Crippen molar-refractivity contribution in [3.63, 3.8) is 0 Å². The Morgan fingerprint density at radius 2 is 1.82 bits per heavy atom. The van der Waals surface area contributed by atoms with Crippen LogP contribution in [0.1, 0.15) is 26.3 Å². The minimum absolute atomic E-state index is 0.0113. The molecule has 0 aliphatic carbocycles. The van der Waals surface area contributed by atoms with Crippen LogP contribution in [0.15, 0.2) is 61.4 Å². The third-order valence-corrected chi connectivity index (χ3v) is 6.26. The van der Waals surface area contributed by atoms with Gasteiger partial charge >= 0.3 is 5.97 Å². The molecular weight excluding hydrogens is 482 g/mol.